The number of rotatable bonds is 9. The van der Waals surface area contributed by atoms with E-state index in [0.29, 0.717) is 11.6 Å². The smallest absolute Gasteiger partial charge is 0.276 e. The molecule has 1 heterocycles. The van der Waals surface area contributed by atoms with Gasteiger partial charge in [0.1, 0.15) is 0 Å². The van der Waals surface area contributed by atoms with Crippen LogP contribution in [0.1, 0.15) is 55.2 Å². The maximum atomic E-state index is 13.0. The molecule has 1 aliphatic carbocycles. The van der Waals surface area contributed by atoms with Crippen molar-refractivity contribution >= 4 is 5.91 Å². The summed E-state index contributed by atoms with van der Waals surface area (Å²) in [5.74, 6) is 0.377. The van der Waals surface area contributed by atoms with Crippen LogP contribution in [-0.2, 0) is 0 Å². The Morgan fingerprint density at radius 3 is 2.46 bits per heavy atom. The third kappa shape index (κ3) is 4.12. The molecule has 2 aromatic rings. The molecule has 0 atom stereocenters. The Hall–Kier alpha value is -2.21. The van der Waals surface area contributed by atoms with E-state index in [9.17, 15) is 4.79 Å². The largest absolute Gasteiger partial charge is 0.340 e. The van der Waals surface area contributed by atoms with E-state index >= 15 is 0 Å². The number of carbonyl (C=O) groups is 1. The predicted octanol–water partition coefficient (Wildman–Crippen LogP) is 2.95. The van der Waals surface area contributed by atoms with E-state index in [0.717, 1.165) is 56.8 Å². The van der Waals surface area contributed by atoms with Gasteiger partial charge in [0.05, 0.1) is 11.4 Å². The molecule has 1 saturated carbocycles. The van der Waals surface area contributed by atoms with Gasteiger partial charge in [0.25, 0.3) is 5.91 Å². The van der Waals surface area contributed by atoms with Gasteiger partial charge in [0, 0.05) is 19.5 Å². The van der Waals surface area contributed by atoms with E-state index in [1.165, 1.54) is 0 Å². The van der Waals surface area contributed by atoms with Crippen molar-refractivity contribution in [3.8, 4) is 5.69 Å². The molecule has 3 rings (SSSR count). The molecule has 0 N–H and O–H groups in total. The molecule has 1 fully saturated rings. The summed E-state index contributed by atoms with van der Waals surface area (Å²) in [6.45, 7) is 8.18. The summed E-state index contributed by atoms with van der Waals surface area (Å²) >= 11 is 0. The van der Waals surface area contributed by atoms with Crippen LogP contribution in [0.3, 0.4) is 0 Å². The highest BCUT2D eigenvalue weighted by Gasteiger charge is 2.35. The Bertz CT molecular complexity index is 719. The van der Waals surface area contributed by atoms with Crippen LogP contribution in [0.5, 0.6) is 0 Å². The number of para-hydroxylation sites is 1. The van der Waals surface area contributed by atoms with Gasteiger partial charge in [-0.3, -0.25) is 4.79 Å². The highest BCUT2D eigenvalue weighted by molar-refractivity contribution is 5.93. The van der Waals surface area contributed by atoms with Gasteiger partial charge in [0.15, 0.2) is 5.69 Å². The summed E-state index contributed by atoms with van der Waals surface area (Å²) in [5.41, 5.74) is 2.45. The highest BCUT2D eigenvalue weighted by Crippen LogP contribution is 2.42. The van der Waals surface area contributed by atoms with Gasteiger partial charge in [-0.15, -0.1) is 5.10 Å². The van der Waals surface area contributed by atoms with E-state index < -0.39 is 0 Å². The summed E-state index contributed by atoms with van der Waals surface area (Å²) in [5, 5.41) is 8.56. The molecule has 0 unspecified atom stereocenters. The Labute approximate surface area is 155 Å². The predicted molar refractivity (Wildman–Crippen MR) is 103 cm³/mol. The average molecular weight is 355 g/mol. The first-order chi connectivity index (χ1) is 12.7. The van der Waals surface area contributed by atoms with Crippen molar-refractivity contribution in [3.05, 3.63) is 41.7 Å². The minimum Gasteiger partial charge on any atom is -0.340 e. The Morgan fingerprint density at radius 1 is 1.15 bits per heavy atom. The lowest BCUT2D eigenvalue weighted by molar-refractivity contribution is 0.0782. The number of nitrogens with zero attached hydrogens (tertiary/aromatic N) is 5. The zero-order valence-corrected chi connectivity index (χ0v) is 16.1. The molecule has 0 radical (unpaired) electrons. The van der Waals surface area contributed by atoms with E-state index in [1.54, 1.807) is 4.90 Å². The van der Waals surface area contributed by atoms with Crippen LogP contribution < -0.4 is 0 Å². The lowest BCUT2D eigenvalue weighted by Crippen LogP contribution is -2.32. The molecular formula is C20H29N5O. The fourth-order valence-corrected chi connectivity index (χ4v) is 3.28. The van der Waals surface area contributed by atoms with Gasteiger partial charge in [-0.25, -0.2) is 4.68 Å². The number of carbonyl (C=O) groups excluding carboxylic acids is 1. The van der Waals surface area contributed by atoms with E-state index in [1.807, 2.05) is 42.1 Å². The molecule has 6 nitrogen and oxygen atoms in total. The standard InChI is InChI=1S/C20H29N5O/c1-4-24(5-2)15-9-14-23(3)20(26)18-19(16-12-13-16)25(22-21-18)17-10-7-6-8-11-17/h6-8,10-11,16H,4-5,9,12-15H2,1-3H3. The van der Waals surface area contributed by atoms with Crippen LogP contribution in [0.25, 0.3) is 5.69 Å². The van der Waals surface area contributed by atoms with Crippen molar-refractivity contribution < 1.29 is 4.79 Å². The summed E-state index contributed by atoms with van der Waals surface area (Å²) in [6.07, 6.45) is 3.17. The summed E-state index contributed by atoms with van der Waals surface area (Å²) in [7, 11) is 1.86. The van der Waals surface area contributed by atoms with Crippen LogP contribution in [0.2, 0.25) is 0 Å². The van der Waals surface area contributed by atoms with Crippen molar-refractivity contribution in [2.45, 2.75) is 39.0 Å². The fraction of sp³-hybridized carbons (Fsp3) is 0.550. The Kier molecular flexibility index (Phi) is 6.04. The molecule has 0 bridgehead atoms. The molecule has 1 aromatic carbocycles. The van der Waals surface area contributed by atoms with Gasteiger partial charge < -0.3 is 9.80 Å². The zero-order valence-electron chi connectivity index (χ0n) is 16.1. The second kappa shape index (κ2) is 8.45. The molecule has 0 aliphatic heterocycles. The minimum atomic E-state index is -0.0198. The first-order valence-corrected chi connectivity index (χ1v) is 9.64. The molecule has 1 aliphatic rings. The van der Waals surface area contributed by atoms with Crippen LogP contribution >= 0.6 is 0 Å². The van der Waals surface area contributed by atoms with E-state index in [4.69, 9.17) is 0 Å². The molecule has 0 saturated heterocycles. The summed E-state index contributed by atoms with van der Waals surface area (Å²) in [6, 6.07) is 9.95. The van der Waals surface area contributed by atoms with Crippen molar-refractivity contribution in [2.24, 2.45) is 0 Å². The van der Waals surface area contributed by atoms with Crippen LogP contribution in [0.4, 0.5) is 0 Å². The van der Waals surface area contributed by atoms with E-state index in [-0.39, 0.29) is 5.91 Å². The first kappa shape index (κ1) is 18.6. The van der Waals surface area contributed by atoms with Gasteiger partial charge in [-0.1, -0.05) is 37.3 Å². The fourth-order valence-electron chi connectivity index (χ4n) is 3.28. The third-order valence-electron chi connectivity index (χ3n) is 5.08. The second-order valence-electron chi connectivity index (χ2n) is 6.95. The quantitative estimate of drug-likeness (QED) is 0.694. The highest BCUT2D eigenvalue weighted by atomic mass is 16.2. The summed E-state index contributed by atoms with van der Waals surface area (Å²) < 4.78 is 1.84. The molecule has 1 amide bonds. The topological polar surface area (TPSA) is 54.3 Å². The summed E-state index contributed by atoms with van der Waals surface area (Å²) in [4.78, 5) is 17.1. The Morgan fingerprint density at radius 2 is 1.85 bits per heavy atom. The zero-order chi connectivity index (χ0) is 18.5. The monoisotopic (exact) mass is 355 g/mol. The molecule has 26 heavy (non-hydrogen) atoms. The molecule has 0 spiro atoms. The number of hydrogen-bond acceptors (Lipinski definition) is 4. The van der Waals surface area contributed by atoms with Gasteiger partial charge in [0.2, 0.25) is 0 Å². The molecule has 6 heteroatoms. The van der Waals surface area contributed by atoms with Crippen LogP contribution in [0.15, 0.2) is 30.3 Å². The van der Waals surface area contributed by atoms with Crippen LogP contribution in [0, 0.1) is 0 Å². The van der Waals surface area contributed by atoms with Crippen molar-refractivity contribution in [1.29, 1.82) is 0 Å². The van der Waals surface area contributed by atoms with Crippen molar-refractivity contribution in [3.63, 3.8) is 0 Å². The molecule has 1 aromatic heterocycles. The van der Waals surface area contributed by atoms with E-state index in [2.05, 4.69) is 29.1 Å². The lowest BCUT2D eigenvalue weighted by atomic mass is 10.2. The Balaban J connectivity index is 1.72. The van der Waals surface area contributed by atoms with Crippen molar-refractivity contribution in [1.82, 2.24) is 24.8 Å². The van der Waals surface area contributed by atoms with Gasteiger partial charge in [-0.2, -0.15) is 0 Å². The number of aromatic nitrogens is 3. The third-order valence-corrected chi connectivity index (χ3v) is 5.08. The maximum absolute atomic E-state index is 13.0. The first-order valence-electron chi connectivity index (χ1n) is 9.64. The number of hydrogen-bond donors (Lipinski definition) is 0. The SMILES string of the molecule is CCN(CC)CCCN(C)C(=O)c1nnn(-c2ccccc2)c1C1CC1. The van der Waals surface area contributed by atoms with Gasteiger partial charge >= 0.3 is 0 Å². The lowest BCUT2D eigenvalue weighted by Gasteiger charge is -2.21. The minimum absolute atomic E-state index is 0.0198. The van der Waals surface area contributed by atoms with Crippen LogP contribution in [-0.4, -0.2) is 63.9 Å². The molecule has 140 valence electrons. The normalized spacial score (nSPS) is 14.0. The second-order valence-corrected chi connectivity index (χ2v) is 6.95. The number of amides is 1. The average Bonchev–Trinajstić information content (AvgIpc) is 3.43. The molecular weight excluding hydrogens is 326 g/mol. The maximum Gasteiger partial charge on any atom is 0.276 e. The van der Waals surface area contributed by atoms with Gasteiger partial charge in [-0.05, 0) is 51.0 Å². The van der Waals surface area contributed by atoms with Crippen molar-refractivity contribution in [2.75, 3.05) is 33.2 Å². The number of benzene rings is 1.